The van der Waals surface area contributed by atoms with Gasteiger partial charge in [-0.2, -0.15) is 0 Å². The van der Waals surface area contributed by atoms with Crippen LogP contribution in [-0.4, -0.2) is 5.16 Å². The van der Waals surface area contributed by atoms with Crippen LogP contribution in [0.2, 0.25) is 10.0 Å². The van der Waals surface area contributed by atoms with Gasteiger partial charge in [0.25, 0.3) is 0 Å². The van der Waals surface area contributed by atoms with E-state index in [0.29, 0.717) is 16.1 Å². The average molecular weight is 323 g/mol. The van der Waals surface area contributed by atoms with E-state index in [4.69, 9.17) is 33.5 Å². The third kappa shape index (κ3) is 2.37. The molecule has 0 bridgehead atoms. The molecule has 0 saturated carbocycles. The number of anilines is 1. The molecular formula is C15H9Cl2FN2O. The van der Waals surface area contributed by atoms with Crippen LogP contribution in [-0.2, 0) is 0 Å². The van der Waals surface area contributed by atoms with Crippen LogP contribution >= 0.6 is 23.2 Å². The van der Waals surface area contributed by atoms with Gasteiger partial charge in [-0.05, 0) is 24.3 Å². The van der Waals surface area contributed by atoms with Crippen molar-refractivity contribution in [2.24, 2.45) is 0 Å². The zero-order valence-electron chi connectivity index (χ0n) is 10.6. The Bertz CT molecular complexity index is 797. The molecule has 3 aromatic rings. The van der Waals surface area contributed by atoms with E-state index in [2.05, 4.69) is 5.16 Å². The highest BCUT2D eigenvalue weighted by Crippen LogP contribution is 2.42. The van der Waals surface area contributed by atoms with Crippen LogP contribution in [0.3, 0.4) is 0 Å². The summed E-state index contributed by atoms with van der Waals surface area (Å²) in [5, 5.41) is 4.38. The predicted octanol–water partition coefficient (Wildman–Crippen LogP) is 5.04. The normalized spacial score (nSPS) is 10.8. The zero-order valence-corrected chi connectivity index (χ0v) is 12.1. The van der Waals surface area contributed by atoms with Crippen molar-refractivity contribution < 1.29 is 8.91 Å². The smallest absolute Gasteiger partial charge is 0.178 e. The van der Waals surface area contributed by atoms with E-state index in [9.17, 15) is 4.39 Å². The van der Waals surface area contributed by atoms with Gasteiger partial charge >= 0.3 is 0 Å². The number of hydrogen-bond acceptors (Lipinski definition) is 3. The van der Waals surface area contributed by atoms with Gasteiger partial charge in [-0.1, -0.05) is 46.6 Å². The topological polar surface area (TPSA) is 52.0 Å². The molecule has 0 atom stereocenters. The van der Waals surface area contributed by atoms with Crippen molar-refractivity contribution in [3.05, 3.63) is 58.3 Å². The summed E-state index contributed by atoms with van der Waals surface area (Å²) >= 11 is 12.2. The van der Waals surface area contributed by atoms with E-state index < -0.39 is 5.82 Å². The van der Waals surface area contributed by atoms with E-state index in [1.165, 1.54) is 12.1 Å². The van der Waals surface area contributed by atoms with Crippen molar-refractivity contribution >= 4 is 29.0 Å². The molecule has 6 heteroatoms. The van der Waals surface area contributed by atoms with Crippen molar-refractivity contribution in [1.82, 2.24) is 5.16 Å². The summed E-state index contributed by atoms with van der Waals surface area (Å²) in [5.74, 6) is -0.173. The van der Waals surface area contributed by atoms with Crippen LogP contribution in [0.4, 0.5) is 10.2 Å². The summed E-state index contributed by atoms with van der Waals surface area (Å²) in [7, 11) is 0. The van der Waals surface area contributed by atoms with Crippen LogP contribution in [0, 0.1) is 5.82 Å². The molecule has 1 aromatic heterocycles. The zero-order chi connectivity index (χ0) is 15.0. The summed E-state index contributed by atoms with van der Waals surface area (Å²) in [6.45, 7) is 0. The molecule has 21 heavy (non-hydrogen) atoms. The third-order valence-electron chi connectivity index (χ3n) is 3.05. The molecule has 3 nitrogen and oxygen atoms in total. The molecule has 0 aliphatic carbocycles. The molecule has 0 spiro atoms. The lowest BCUT2D eigenvalue weighted by Crippen LogP contribution is -1.93. The van der Waals surface area contributed by atoms with Gasteiger partial charge in [-0.15, -0.1) is 0 Å². The highest BCUT2D eigenvalue weighted by atomic mass is 35.5. The highest BCUT2D eigenvalue weighted by molar-refractivity contribution is 6.34. The Balaban J connectivity index is 2.31. The minimum absolute atomic E-state index is 0.0527. The molecule has 0 unspecified atom stereocenters. The van der Waals surface area contributed by atoms with Gasteiger partial charge in [-0.25, -0.2) is 4.39 Å². The van der Waals surface area contributed by atoms with Gasteiger partial charge in [0.15, 0.2) is 11.6 Å². The maximum absolute atomic E-state index is 14.1. The van der Waals surface area contributed by atoms with Gasteiger partial charge in [0.1, 0.15) is 5.82 Å². The molecule has 106 valence electrons. The lowest BCUT2D eigenvalue weighted by atomic mass is 10.0. The van der Waals surface area contributed by atoms with Gasteiger partial charge in [0.2, 0.25) is 0 Å². The lowest BCUT2D eigenvalue weighted by Gasteiger charge is -2.07. The minimum atomic E-state index is -0.509. The molecule has 0 radical (unpaired) electrons. The molecule has 3 rings (SSSR count). The van der Waals surface area contributed by atoms with Crippen LogP contribution in [0.15, 0.2) is 47.0 Å². The van der Waals surface area contributed by atoms with Crippen LogP contribution in [0.1, 0.15) is 0 Å². The van der Waals surface area contributed by atoms with Crippen LogP contribution in [0.25, 0.3) is 22.5 Å². The first-order valence-corrected chi connectivity index (χ1v) is 6.79. The molecule has 0 aliphatic heterocycles. The first kappa shape index (κ1) is 13.9. The summed E-state index contributed by atoms with van der Waals surface area (Å²) in [6, 6.07) is 11.4. The predicted molar refractivity (Wildman–Crippen MR) is 81.8 cm³/mol. The second kappa shape index (κ2) is 5.39. The number of hydrogen-bond donors (Lipinski definition) is 1. The minimum Gasteiger partial charge on any atom is -0.380 e. The largest absolute Gasteiger partial charge is 0.380 e. The SMILES string of the molecule is Nc1noc(-c2ccccc2Cl)c1-c1c(F)cccc1Cl. The van der Waals surface area contributed by atoms with Crippen molar-refractivity contribution in [2.75, 3.05) is 5.73 Å². The molecule has 0 fully saturated rings. The second-order valence-electron chi connectivity index (χ2n) is 4.35. The van der Waals surface area contributed by atoms with Gasteiger partial charge in [0.05, 0.1) is 15.6 Å². The molecule has 2 aromatic carbocycles. The van der Waals surface area contributed by atoms with Crippen molar-refractivity contribution in [2.45, 2.75) is 0 Å². The Hall–Kier alpha value is -2.04. The summed E-state index contributed by atoms with van der Waals surface area (Å²) in [6.07, 6.45) is 0. The first-order chi connectivity index (χ1) is 10.1. The average Bonchev–Trinajstić information content (AvgIpc) is 2.81. The van der Waals surface area contributed by atoms with E-state index >= 15 is 0 Å². The summed E-state index contributed by atoms with van der Waals surface area (Å²) in [5.41, 5.74) is 6.84. The van der Waals surface area contributed by atoms with E-state index in [0.717, 1.165) is 0 Å². The quantitative estimate of drug-likeness (QED) is 0.719. The van der Waals surface area contributed by atoms with E-state index in [1.54, 1.807) is 30.3 Å². The molecule has 1 heterocycles. The molecule has 2 N–H and O–H groups in total. The maximum atomic E-state index is 14.1. The number of nitrogens with zero attached hydrogens (tertiary/aromatic N) is 1. The Labute approximate surface area is 130 Å². The van der Waals surface area contributed by atoms with Crippen molar-refractivity contribution in [3.8, 4) is 22.5 Å². The molecular weight excluding hydrogens is 314 g/mol. The number of benzene rings is 2. The number of nitrogen functional groups attached to an aromatic ring is 1. The summed E-state index contributed by atoms with van der Waals surface area (Å²) < 4.78 is 19.4. The van der Waals surface area contributed by atoms with E-state index in [-0.39, 0.29) is 22.2 Å². The monoisotopic (exact) mass is 322 g/mol. The van der Waals surface area contributed by atoms with Crippen LogP contribution in [0.5, 0.6) is 0 Å². The second-order valence-corrected chi connectivity index (χ2v) is 5.16. The van der Waals surface area contributed by atoms with E-state index in [1.807, 2.05) is 0 Å². The van der Waals surface area contributed by atoms with Gasteiger partial charge in [-0.3, -0.25) is 0 Å². The number of nitrogens with two attached hydrogens (primary N) is 1. The Morgan fingerprint density at radius 2 is 1.67 bits per heavy atom. The Kier molecular flexibility index (Phi) is 3.57. The number of rotatable bonds is 2. The molecule has 0 saturated heterocycles. The fraction of sp³-hybridized carbons (Fsp3) is 0. The van der Waals surface area contributed by atoms with Crippen LogP contribution < -0.4 is 5.73 Å². The fourth-order valence-electron chi connectivity index (χ4n) is 2.11. The molecule has 0 aliphatic rings. The lowest BCUT2D eigenvalue weighted by molar-refractivity contribution is 0.436. The first-order valence-electron chi connectivity index (χ1n) is 6.04. The maximum Gasteiger partial charge on any atom is 0.178 e. The third-order valence-corrected chi connectivity index (χ3v) is 3.69. The van der Waals surface area contributed by atoms with Crippen molar-refractivity contribution in [3.63, 3.8) is 0 Å². The Morgan fingerprint density at radius 1 is 0.952 bits per heavy atom. The summed E-state index contributed by atoms with van der Waals surface area (Å²) in [4.78, 5) is 0. The molecule has 0 amide bonds. The fourth-order valence-corrected chi connectivity index (χ4v) is 2.59. The highest BCUT2D eigenvalue weighted by Gasteiger charge is 2.23. The number of aromatic nitrogens is 1. The van der Waals surface area contributed by atoms with Gasteiger partial charge in [0, 0.05) is 11.1 Å². The van der Waals surface area contributed by atoms with Gasteiger partial charge < -0.3 is 10.3 Å². The standard InChI is InChI=1S/C15H9Cl2FN2O/c16-9-5-2-1-4-8(9)14-13(15(19)20-21-14)12-10(17)6-3-7-11(12)18/h1-7H,(H2,19,20). The Morgan fingerprint density at radius 3 is 2.38 bits per heavy atom. The van der Waals surface area contributed by atoms with Crippen molar-refractivity contribution in [1.29, 1.82) is 0 Å². The number of halogens is 3.